The molecule has 0 bridgehead atoms. The van der Waals surface area contributed by atoms with Gasteiger partial charge in [-0.15, -0.1) is 0 Å². The molecule has 1 aliphatic heterocycles. The Morgan fingerprint density at radius 2 is 2.00 bits per heavy atom. The summed E-state index contributed by atoms with van der Waals surface area (Å²) in [6, 6.07) is 5.77. The number of alkyl halides is 3. The summed E-state index contributed by atoms with van der Waals surface area (Å²) in [5.74, 6) is -1.32. The summed E-state index contributed by atoms with van der Waals surface area (Å²) in [7, 11) is 0. The van der Waals surface area contributed by atoms with Crippen LogP contribution in [0.2, 0.25) is 0 Å². The van der Waals surface area contributed by atoms with E-state index in [4.69, 9.17) is 9.47 Å². The van der Waals surface area contributed by atoms with E-state index >= 15 is 0 Å². The molecule has 1 heterocycles. The van der Waals surface area contributed by atoms with Gasteiger partial charge in [0.2, 0.25) is 6.29 Å². The number of aryl methyl sites for hydroxylation is 2. The largest absolute Gasteiger partial charge is 0.460 e. The molecule has 0 aromatic heterocycles. The van der Waals surface area contributed by atoms with Crippen molar-refractivity contribution in [3.8, 4) is 0 Å². The average Bonchev–Trinajstić information content (AvgIpc) is 2.37. The Morgan fingerprint density at radius 1 is 1.29 bits per heavy atom. The molecule has 0 aliphatic carbocycles. The van der Waals surface area contributed by atoms with Gasteiger partial charge in [-0.2, -0.15) is 13.2 Å². The van der Waals surface area contributed by atoms with Gasteiger partial charge in [0.25, 0.3) is 0 Å². The number of halogens is 3. The summed E-state index contributed by atoms with van der Waals surface area (Å²) in [5.41, 5.74) is 2.95. The minimum Gasteiger partial charge on any atom is -0.460 e. The molecule has 21 heavy (non-hydrogen) atoms. The molecule has 2 nitrogen and oxygen atoms in total. The Labute approximate surface area is 122 Å². The van der Waals surface area contributed by atoms with Crippen LogP contribution in [0.4, 0.5) is 13.2 Å². The lowest BCUT2D eigenvalue weighted by molar-refractivity contribution is -0.194. The van der Waals surface area contributed by atoms with E-state index < -0.39 is 18.2 Å². The second-order valence-corrected chi connectivity index (χ2v) is 5.23. The molecule has 0 fully saturated rings. The molecule has 0 N–H and O–H groups in total. The molecule has 0 radical (unpaired) electrons. The highest BCUT2D eigenvalue weighted by molar-refractivity contribution is 5.36. The number of hydrogen-bond donors (Lipinski definition) is 0. The zero-order valence-corrected chi connectivity index (χ0v) is 12.3. The summed E-state index contributed by atoms with van der Waals surface area (Å²) >= 11 is 0. The van der Waals surface area contributed by atoms with Gasteiger partial charge in [0, 0.05) is 18.9 Å². The molecule has 5 heteroatoms. The van der Waals surface area contributed by atoms with Crippen LogP contribution in [-0.2, 0) is 9.47 Å². The predicted octanol–water partition coefficient (Wildman–Crippen LogP) is 4.62. The number of benzene rings is 1. The lowest BCUT2D eigenvalue weighted by Crippen LogP contribution is -2.30. The molecule has 1 aromatic carbocycles. The van der Waals surface area contributed by atoms with Crippen molar-refractivity contribution in [1.29, 1.82) is 0 Å². The smallest absolute Gasteiger partial charge is 0.448 e. The molecule has 1 aromatic rings. The van der Waals surface area contributed by atoms with E-state index in [1.165, 1.54) is 0 Å². The fourth-order valence-electron chi connectivity index (χ4n) is 2.59. The van der Waals surface area contributed by atoms with Gasteiger partial charge in [-0.1, -0.05) is 23.8 Å². The molecule has 2 rings (SSSR count). The van der Waals surface area contributed by atoms with E-state index in [1.807, 2.05) is 32.0 Å². The van der Waals surface area contributed by atoms with Gasteiger partial charge in [-0.05, 0) is 38.0 Å². The number of ether oxygens (including phenoxy) is 2. The van der Waals surface area contributed by atoms with Crippen molar-refractivity contribution in [2.24, 2.45) is 0 Å². The van der Waals surface area contributed by atoms with Crippen LogP contribution in [0.25, 0.3) is 0 Å². The Morgan fingerprint density at radius 3 is 2.57 bits per heavy atom. The van der Waals surface area contributed by atoms with Crippen LogP contribution in [0, 0.1) is 13.8 Å². The number of allylic oxidation sites excluding steroid dienone is 2. The number of hydrogen-bond acceptors (Lipinski definition) is 2. The Balaban J connectivity index is 2.36. The molecule has 1 aliphatic rings. The third kappa shape index (κ3) is 3.79. The lowest BCUT2D eigenvalue weighted by Gasteiger charge is -2.30. The maximum absolute atomic E-state index is 13.0. The highest BCUT2D eigenvalue weighted by Crippen LogP contribution is 2.39. The topological polar surface area (TPSA) is 18.5 Å². The third-order valence-corrected chi connectivity index (χ3v) is 3.51. The fraction of sp³-hybridized carbons (Fsp3) is 0.500. The van der Waals surface area contributed by atoms with Gasteiger partial charge in [-0.3, -0.25) is 0 Å². The van der Waals surface area contributed by atoms with E-state index in [1.54, 1.807) is 6.92 Å². The molecule has 0 spiro atoms. The van der Waals surface area contributed by atoms with Gasteiger partial charge in [0.1, 0.15) is 0 Å². The van der Waals surface area contributed by atoms with E-state index in [0.29, 0.717) is 13.0 Å². The Bertz CT molecular complexity index is 535. The maximum atomic E-state index is 13.0. The first-order valence-corrected chi connectivity index (χ1v) is 6.95. The fourth-order valence-corrected chi connectivity index (χ4v) is 2.59. The molecule has 2 atom stereocenters. The van der Waals surface area contributed by atoms with Crippen molar-refractivity contribution in [2.45, 2.75) is 45.6 Å². The Kier molecular flexibility index (Phi) is 4.61. The summed E-state index contributed by atoms with van der Waals surface area (Å²) in [5, 5.41) is 0. The molecular formula is C16H19F3O2. The van der Waals surface area contributed by atoms with Gasteiger partial charge in [0.05, 0.1) is 0 Å². The van der Waals surface area contributed by atoms with Crippen LogP contribution in [-0.4, -0.2) is 19.1 Å². The van der Waals surface area contributed by atoms with Crippen molar-refractivity contribution >= 4 is 0 Å². The predicted molar refractivity (Wildman–Crippen MR) is 73.9 cm³/mol. The zero-order chi connectivity index (χ0) is 15.6. The van der Waals surface area contributed by atoms with Crippen LogP contribution >= 0.6 is 0 Å². The first-order valence-electron chi connectivity index (χ1n) is 6.95. The van der Waals surface area contributed by atoms with Crippen molar-refractivity contribution in [3.05, 3.63) is 46.7 Å². The van der Waals surface area contributed by atoms with E-state index in [-0.39, 0.29) is 5.92 Å². The normalized spacial score (nSPS) is 22.7. The summed E-state index contributed by atoms with van der Waals surface area (Å²) in [6.45, 7) is 5.92. The van der Waals surface area contributed by atoms with Crippen LogP contribution in [0.3, 0.4) is 0 Å². The molecule has 116 valence electrons. The molecule has 2 unspecified atom stereocenters. The molecule has 0 saturated heterocycles. The van der Waals surface area contributed by atoms with Crippen molar-refractivity contribution in [1.82, 2.24) is 0 Å². The molecule has 0 saturated carbocycles. The minimum absolute atomic E-state index is 0.315. The number of rotatable bonds is 3. The maximum Gasteiger partial charge on any atom is 0.448 e. The molecular weight excluding hydrogens is 281 g/mol. The molecule has 0 amide bonds. The standard InChI is InChI=1S/C16H19F3O2/c1-4-20-15-9-12(8-14(21-15)16(17,18)19)13-6-5-10(2)7-11(13)3/h5-8,12,15H,4,9H2,1-3H3. The monoisotopic (exact) mass is 300 g/mol. The van der Waals surface area contributed by atoms with Crippen LogP contribution in [0.5, 0.6) is 0 Å². The van der Waals surface area contributed by atoms with Gasteiger partial charge in [0.15, 0.2) is 5.76 Å². The van der Waals surface area contributed by atoms with Gasteiger partial charge >= 0.3 is 6.18 Å². The van der Waals surface area contributed by atoms with E-state index in [2.05, 4.69) is 0 Å². The summed E-state index contributed by atoms with van der Waals surface area (Å²) < 4.78 is 49.1. The van der Waals surface area contributed by atoms with Crippen molar-refractivity contribution < 1.29 is 22.6 Å². The summed E-state index contributed by atoms with van der Waals surface area (Å²) in [4.78, 5) is 0. The van der Waals surface area contributed by atoms with E-state index in [0.717, 1.165) is 22.8 Å². The minimum atomic E-state index is -4.49. The zero-order valence-electron chi connectivity index (χ0n) is 12.3. The second kappa shape index (κ2) is 6.10. The highest BCUT2D eigenvalue weighted by Gasteiger charge is 2.41. The van der Waals surface area contributed by atoms with Gasteiger partial charge in [-0.25, -0.2) is 0 Å². The summed E-state index contributed by atoms with van der Waals surface area (Å²) in [6.07, 6.45) is -3.81. The van der Waals surface area contributed by atoms with Crippen LogP contribution in [0.1, 0.15) is 36.0 Å². The van der Waals surface area contributed by atoms with Crippen LogP contribution < -0.4 is 0 Å². The quantitative estimate of drug-likeness (QED) is 0.811. The first-order chi connectivity index (χ1) is 9.81. The third-order valence-electron chi connectivity index (χ3n) is 3.51. The van der Waals surface area contributed by atoms with Crippen molar-refractivity contribution in [2.75, 3.05) is 6.61 Å². The average molecular weight is 300 g/mol. The first kappa shape index (κ1) is 15.9. The van der Waals surface area contributed by atoms with E-state index in [9.17, 15) is 13.2 Å². The second-order valence-electron chi connectivity index (χ2n) is 5.23. The highest BCUT2D eigenvalue weighted by atomic mass is 19.4. The Hall–Kier alpha value is -1.49. The SMILES string of the molecule is CCOC1CC(c2ccc(C)cc2C)C=C(C(F)(F)F)O1. The van der Waals surface area contributed by atoms with Crippen molar-refractivity contribution in [3.63, 3.8) is 0 Å². The van der Waals surface area contributed by atoms with Gasteiger partial charge < -0.3 is 9.47 Å². The van der Waals surface area contributed by atoms with Crippen LogP contribution in [0.15, 0.2) is 30.0 Å². The lowest BCUT2D eigenvalue weighted by atomic mass is 9.89.